The van der Waals surface area contributed by atoms with Gasteiger partial charge in [0.25, 0.3) is 5.82 Å². The maximum atomic E-state index is 12.4. The Morgan fingerprint density at radius 3 is 2.76 bits per heavy atom. The van der Waals surface area contributed by atoms with Gasteiger partial charge in [-0.05, 0) is 31.8 Å². The Kier molecular flexibility index (Phi) is 3.37. The normalized spacial score (nSPS) is 21.8. The first-order valence-corrected chi connectivity index (χ1v) is 5.64. The summed E-state index contributed by atoms with van der Waals surface area (Å²) in [4.78, 5) is 3.57. The molecule has 1 N–H and O–H groups in total. The van der Waals surface area contributed by atoms with Gasteiger partial charge < -0.3 is 5.32 Å². The number of nitrogens with zero attached hydrogens (tertiary/aromatic N) is 3. The van der Waals surface area contributed by atoms with Gasteiger partial charge in [0.1, 0.15) is 5.82 Å². The Morgan fingerprint density at radius 2 is 2.24 bits per heavy atom. The molecule has 1 aliphatic rings. The lowest BCUT2D eigenvalue weighted by Gasteiger charge is -2.21. The molecule has 7 heteroatoms. The van der Waals surface area contributed by atoms with Crippen molar-refractivity contribution in [3.63, 3.8) is 0 Å². The van der Waals surface area contributed by atoms with E-state index in [-0.39, 0.29) is 0 Å². The predicted octanol–water partition coefficient (Wildman–Crippen LogP) is 1.38. The number of piperidine rings is 1. The third kappa shape index (κ3) is 2.96. The highest BCUT2D eigenvalue weighted by Gasteiger charge is 2.36. The van der Waals surface area contributed by atoms with Gasteiger partial charge >= 0.3 is 6.18 Å². The second-order valence-corrected chi connectivity index (χ2v) is 4.39. The first-order valence-electron chi connectivity index (χ1n) is 5.64. The number of halogens is 3. The van der Waals surface area contributed by atoms with Gasteiger partial charge in [-0.1, -0.05) is 0 Å². The molecule has 1 saturated heterocycles. The van der Waals surface area contributed by atoms with Gasteiger partial charge in [-0.2, -0.15) is 13.2 Å². The molecule has 1 atom stereocenters. The van der Waals surface area contributed by atoms with Crippen LogP contribution in [0.3, 0.4) is 0 Å². The van der Waals surface area contributed by atoms with E-state index in [0.717, 1.165) is 25.9 Å². The number of alkyl halides is 3. The Labute approximate surface area is 97.2 Å². The van der Waals surface area contributed by atoms with Gasteiger partial charge in [-0.3, -0.25) is 4.68 Å². The van der Waals surface area contributed by atoms with Crippen molar-refractivity contribution in [3.05, 3.63) is 11.6 Å². The first-order chi connectivity index (χ1) is 7.97. The lowest BCUT2D eigenvalue weighted by Crippen LogP contribution is -2.31. The zero-order chi connectivity index (χ0) is 12.5. The summed E-state index contributed by atoms with van der Waals surface area (Å²) in [6.07, 6.45) is -1.82. The average Bonchev–Trinajstić information content (AvgIpc) is 2.62. The SMILES string of the molecule is Cn1nc(C(F)(F)F)nc1CC1CCCNC1. The molecule has 0 aliphatic carbocycles. The Morgan fingerprint density at radius 1 is 1.47 bits per heavy atom. The highest BCUT2D eigenvalue weighted by Crippen LogP contribution is 2.26. The van der Waals surface area contributed by atoms with Gasteiger partial charge in [0.15, 0.2) is 0 Å². The van der Waals surface area contributed by atoms with Crippen molar-refractivity contribution >= 4 is 0 Å². The van der Waals surface area contributed by atoms with Crippen LogP contribution in [-0.2, 0) is 19.6 Å². The molecular weight excluding hydrogens is 233 g/mol. The molecular formula is C10H15F3N4. The van der Waals surface area contributed by atoms with Crippen LogP contribution in [0.1, 0.15) is 24.5 Å². The topological polar surface area (TPSA) is 42.7 Å². The smallest absolute Gasteiger partial charge is 0.316 e. The fraction of sp³-hybridized carbons (Fsp3) is 0.800. The summed E-state index contributed by atoms with van der Waals surface area (Å²) in [6, 6.07) is 0. The molecule has 4 nitrogen and oxygen atoms in total. The van der Waals surface area contributed by atoms with Crippen LogP contribution in [-0.4, -0.2) is 27.9 Å². The third-order valence-corrected chi connectivity index (χ3v) is 2.98. The van der Waals surface area contributed by atoms with Gasteiger partial charge in [0.05, 0.1) is 0 Å². The number of hydrogen-bond acceptors (Lipinski definition) is 3. The highest BCUT2D eigenvalue weighted by atomic mass is 19.4. The molecule has 1 aromatic rings. The summed E-state index contributed by atoms with van der Waals surface area (Å²) in [7, 11) is 1.51. The number of aryl methyl sites for hydroxylation is 1. The highest BCUT2D eigenvalue weighted by molar-refractivity contribution is 4.98. The summed E-state index contributed by atoms with van der Waals surface area (Å²) in [5.41, 5.74) is 0. The number of aromatic nitrogens is 3. The lowest BCUT2D eigenvalue weighted by atomic mass is 9.96. The minimum Gasteiger partial charge on any atom is -0.316 e. The summed E-state index contributed by atoms with van der Waals surface area (Å²) < 4.78 is 38.5. The zero-order valence-electron chi connectivity index (χ0n) is 9.59. The summed E-state index contributed by atoms with van der Waals surface area (Å²) in [5, 5.41) is 6.64. The predicted molar refractivity (Wildman–Crippen MR) is 55.3 cm³/mol. The van der Waals surface area contributed by atoms with E-state index in [4.69, 9.17) is 0 Å². The molecule has 0 amide bonds. The number of rotatable bonds is 2. The second-order valence-electron chi connectivity index (χ2n) is 4.39. The minimum absolute atomic E-state index is 0.354. The number of hydrogen-bond donors (Lipinski definition) is 1. The first kappa shape index (κ1) is 12.3. The van der Waals surface area contributed by atoms with Crippen LogP contribution in [0.5, 0.6) is 0 Å². The zero-order valence-corrected chi connectivity index (χ0v) is 9.59. The molecule has 0 bridgehead atoms. The van der Waals surface area contributed by atoms with E-state index in [1.165, 1.54) is 11.7 Å². The van der Waals surface area contributed by atoms with Crippen LogP contribution in [0.4, 0.5) is 13.2 Å². The molecule has 0 saturated carbocycles. The van der Waals surface area contributed by atoms with Crippen molar-refractivity contribution < 1.29 is 13.2 Å². The standard InChI is InChI=1S/C10H15F3N4/c1-17-8(5-7-3-2-4-14-6-7)15-9(16-17)10(11,12)13/h7,14H,2-6H2,1H3. The van der Waals surface area contributed by atoms with Gasteiger partial charge in [0, 0.05) is 13.5 Å². The quantitative estimate of drug-likeness (QED) is 0.859. The molecule has 2 heterocycles. The fourth-order valence-corrected chi connectivity index (χ4v) is 2.07. The van der Waals surface area contributed by atoms with Crippen molar-refractivity contribution in [1.82, 2.24) is 20.1 Å². The van der Waals surface area contributed by atoms with E-state index in [1.807, 2.05) is 0 Å². The van der Waals surface area contributed by atoms with Crippen molar-refractivity contribution in [3.8, 4) is 0 Å². The Balaban J connectivity index is 2.07. The van der Waals surface area contributed by atoms with E-state index in [2.05, 4.69) is 15.4 Å². The molecule has 0 spiro atoms. The molecule has 1 unspecified atom stereocenters. The molecule has 17 heavy (non-hydrogen) atoms. The van der Waals surface area contributed by atoms with Crippen molar-refractivity contribution in [2.75, 3.05) is 13.1 Å². The van der Waals surface area contributed by atoms with E-state index in [1.54, 1.807) is 0 Å². The van der Waals surface area contributed by atoms with Crippen LogP contribution in [0, 0.1) is 5.92 Å². The molecule has 1 aromatic heterocycles. The third-order valence-electron chi connectivity index (χ3n) is 2.98. The molecule has 0 aromatic carbocycles. The average molecular weight is 248 g/mol. The van der Waals surface area contributed by atoms with Gasteiger partial charge in [-0.15, -0.1) is 5.10 Å². The fourth-order valence-electron chi connectivity index (χ4n) is 2.07. The van der Waals surface area contributed by atoms with Crippen LogP contribution >= 0.6 is 0 Å². The van der Waals surface area contributed by atoms with Crippen LogP contribution in [0.2, 0.25) is 0 Å². The molecule has 1 aliphatic heterocycles. The van der Waals surface area contributed by atoms with Crippen molar-refractivity contribution in [1.29, 1.82) is 0 Å². The summed E-state index contributed by atoms with van der Waals surface area (Å²) in [6.45, 7) is 1.83. The van der Waals surface area contributed by atoms with Crippen LogP contribution in [0.25, 0.3) is 0 Å². The molecule has 0 radical (unpaired) electrons. The number of nitrogens with one attached hydrogen (secondary N) is 1. The molecule has 2 rings (SSSR count). The molecule has 96 valence electrons. The van der Waals surface area contributed by atoms with Crippen LogP contribution < -0.4 is 5.32 Å². The van der Waals surface area contributed by atoms with E-state index >= 15 is 0 Å². The van der Waals surface area contributed by atoms with E-state index in [0.29, 0.717) is 18.2 Å². The Bertz CT molecular complexity index is 379. The maximum absolute atomic E-state index is 12.4. The summed E-state index contributed by atoms with van der Waals surface area (Å²) in [5.74, 6) is -0.280. The second kappa shape index (κ2) is 4.64. The van der Waals surface area contributed by atoms with E-state index in [9.17, 15) is 13.2 Å². The minimum atomic E-state index is -4.46. The van der Waals surface area contributed by atoms with Crippen molar-refractivity contribution in [2.24, 2.45) is 13.0 Å². The van der Waals surface area contributed by atoms with E-state index < -0.39 is 12.0 Å². The summed E-state index contributed by atoms with van der Waals surface area (Å²) >= 11 is 0. The van der Waals surface area contributed by atoms with Crippen LogP contribution in [0.15, 0.2) is 0 Å². The largest absolute Gasteiger partial charge is 0.453 e. The maximum Gasteiger partial charge on any atom is 0.453 e. The lowest BCUT2D eigenvalue weighted by molar-refractivity contribution is -0.145. The van der Waals surface area contributed by atoms with Gasteiger partial charge in [0.2, 0.25) is 0 Å². The molecule has 1 fully saturated rings. The van der Waals surface area contributed by atoms with Gasteiger partial charge in [-0.25, -0.2) is 4.98 Å². The monoisotopic (exact) mass is 248 g/mol. The Hall–Kier alpha value is -1.11. The van der Waals surface area contributed by atoms with Crippen molar-refractivity contribution in [2.45, 2.75) is 25.4 Å².